The van der Waals surface area contributed by atoms with Crippen molar-refractivity contribution < 1.29 is 4.74 Å². The minimum atomic E-state index is 0.609. The average Bonchev–Trinajstić information content (AvgIpc) is 2.26. The van der Waals surface area contributed by atoms with Crippen molar-refractivity contribution in [2.24, 2.45) is 0 Å². The molecule has 0 aliphatic heterocycles. The van der Waals surface area contributed by atoms with E-state index >= 15 is 0 Å². The van der Waals surface area contributed by atoms with Gasteiger partial charge in [0.05, 0.1) is 18.7 Å². The van der Waals surface area contributed by atoms with Gasteiger partial charge in [0, 0.05) is 10.9 Å². The van der Waals surface area contributed by atoms with E-state index in [9.17, 15) is 0 Å². The van der Waals surface area contributed by atoms with Gasteiger partial charge in [-0.15, -0.1) is 0 Å². The Balaban J connectivity index is 3.06. The largest absolute Gasteiger partial charge is 0.496 e. The van der Waals surface area contributed by atoms with Crippen LogP contribution in [-0.4, -0.2) is 12.4 Å². The second-order valence-corrected chi connectivity index (χ2v) is 3.27. The third-order valence-electron chi connectivity index (χ3n) is 1.75. The van der Waals surface area contributed by atoms with Gasteiger partial charge in [0.1, 0.15) is 5.75 Å². The van der Waals surface area contributed by atoms with Gasteiger partial charge in [-0.1, -0.05) is 28.1 Å². The fraction of sp³-hybridized carbons (Fsp3) is 0.182. The van der Waals surface area contributed by atoms with E-state index in [1.165, 1.54) is 0 Å². The molecule has 72 valence electrons. The summed E-state index contributed by atoms with van der Waals surface area (Å²) in [5.41, 5.74) is 1.59. The molecule has 0 aromatic heterocycles. The first-order valence-electron chi connectivity index (χ1n) is 4.12. The summed E-state index contributed by atoms with van der Waals surface area (Å²) in [6.45, 7) is 0. The zero-order chi connectivity index (χ0) is 10.4. The lowest BCUT2D eigenvalue weighted by Gasteiger charge is -2.04. The molecule has 0 unspecified atom stereocenters. The lowest BCUT2D eigenvalue weighted by Crippen LogP contribution is -1.88. The normalized spacial score (nSPS) is 10.1. The van der Waals surface area contributed by atoms with Crippen LogP contribution in [0.25, 0.3) is 6.08 Å². The van der Waals surface area contributed by atoms with E-state index in [1.54, 1.807) is 19.2 Å². The SMILES string of the molecule is COc1cc(C#N)ccc1C=CCBr. The summed E-state index contributed by atoms with van der Waals surface area (Å²) in [4.78, 5) is 0. The van der Waals surface area contributed by atoms with Gasteiger partial charge in [0.2, 0.25) is 0 Å². The minimum absolute atomic E-state index is 0.609. The highest BCUT2D eigenvalue weighted by Gasteiger charge is 2.00. The molecule has 14 heavy (non-hydrogen) atoms. The number of hydrogen-bond donors (Lipinski definition) is 0. The van der Waals surface area contributed by atoms with E-state index in [-0.39, 0.29) is 0 Å². The number of nitrogens with zero attached hydrogens (tertiary/aromatic N) is 1. The van der Waals surface area contributed by atoms with Crippen LogP contribution in [0.15, 0.2) is 24.3 Å². The molecule has 0 saturated heterocycles. The van der Waals surface area contributed by atoms with Crippen molar-refractivity contribution in [2.75, 3.05) is 12.4 Å². The maximum atomic E-state index is 8.69. The summed E-state index contributed by atoms with van der Waals surface area (Å²) in [5, 5.41) is 9.50. The van der Waals surface area contributed by atoms with E-state index in [0.717, 1.165) is 16.6 Å². The van der Waals surface area contributed by atoms with Crippen LogP contribution in [0.2, 0.25) is 0 Å². The van der Waals surface area contributed by atoms with E-state index in [2.05, 4.69) is 22.0 Å². The van der Waals surface area contributed by atoms with Crippen LogP contribution in [-0.2, 0) is 0 Å². The molecule has 0 atom stereocenters. The highest BCUT2D eigenvalue weighted by molar-refractivity contribution is 9.09. The van der Waals surface area contributed by atoms with Gasteiger partial charge in [-0.25, -0.2) is 0 Å². The third-order valence-corrected chi connectivity index (χ3v) is 2.12. The molecule has 0 aliphatic rings. The van der Waals surface area contributed by atoms with E-state index in [4.69, 9.17) is 10.00 Å². The van der Waals surface area contributed by atoms with Gasteiger partial charge in [0.25, 0.3) is 0 Å². The van der Waals surface area contributed by atoms with E-state index in [0.29, 0.717) is 5.56 Å². The van der Waals surface area contributed by atoms with Gasteiger partial charge in [-0.2, -0.15) is 5.26 Å². The highest BCUT2D eigenvalue weighted by atomic mass is 79.9. The molecule has 0 spiro atoms. The van der Waals surface area contributed by atoms with Crippen molar-refractivity contribution in [2.45, 2.75) is 0 Å². The highest BCUT2D eigenvalue weighted by Crippen LogP contribution is 2.21. The lowest BCUT2D eigenvalue weighted by atomic mass is 10.1. The smallest absolute Gasteiger partial charge is 0.127 e. The molecule has 0 bridgehead atoms. The Bertz CT molecular complexity index is 379. The second-order valence-electron chi connectivity index (χ2n) is 2.63. The van der Waals surface area contributed by atoms with E-state index < -0.39 is 0 Å². The van der Waals surface area contributed by atoms with Gasteiger partial charge >= 0.3 is 0 Å². The molecule has 2 nitrogen and oxygen atoms in total. The number of hydrogen-bond acceptors (Lipinski definition) is 2. The monoisotopic (exact) mass is 251 g/mol. The molecule has 0 amide bonds. The Morgan fingerprint density at radius 1 is 1.57 bits per heavy atom. The Kier molecular flexibility index (Phi) is 4.21. The fourth-order valence-corrected chi connectivity index (χ4v) is 1.28. The van der Waals surface area contributed by atoms with Gasteiger partial charge in [-0.3, -0.25) is 0 Å². The number of benzene rings is 1. The first-order valence-corrected chi connectivity index (χ1v) is 5.24. The molecule has 0 heterocycles. The van der Waals surface area contributed by atoms with Gasteiger partial charge in [-0.05, 0) is 18.2 Å². The predicted octanol–water partition coefficient (Wildman–Crippen LogP) is 2.97. The van der Waals surface area contributed by atoms with Crippen LogP contribution < -0.4 is 4.74 Å². The summed E-state index contributed by atoms with van der Waals surface area (Å²) in [5.74, 6) is 0.723. The van der Waals surface area contributed by atoms with Crippen LogP contribution >= 0.6 is 15.9 Å². The first-order chi connectivity index (χ1) is 6.81. The molecule has 3 heteroatoms. The van der Waals surface area contributed by atoms with Crippen molar-refractivity contribution in [3.05, 3.63) is 35.4 Å². The topological polar surface area (TPSA) is 33.0 Å². The number of allylic oxidation sites excluding steroid dienone is 1. The first kappa shape index (κ1) is 10.8. The predicted molar refractivity (Wildman–Crippen MR) is 60.5 cm³/mol. The van der Waals surface area contributed by atoms with Crippen LogP contribution in [0.4, 0.5) is 0 Å². The van der Waals surface area contributed by atoms with Crippen LogP contribution in [0.3, 0.4) is 0 Å². The Morgan fingerprint density at radius 2 is 2.36 bits per heavy atom. The third kappa shape index (κ3) is 2.61. The summed E-state index contributed by atoms with van der Waals surface area (Å²) in [7, 11) is 1.60. The number of methoxy groups -OCH3 is 1. The molecule has 0 aliphatic carbocycles. The molecule has 0 radical (unpaired) electrons. The van der Waals surface area contributed by atoms with Crippen LogP contribution in [0.5, 0.6) is 5.75 Å². The number of ether oxygens (including phenoxy) is 1. The zero-order valence-corrected chi connectivity index (χ0v) is 9.41. The number of nitriles is 1. The number of halogens is 1. The van der Waals surface area contributed by atoms with Crippen molar-refractivity contribution in [1.82, 2.24) is 0 Å². The molecular weight excluding hydrogens is 242 g/mol. The summed E-state index contributed by atoms with van der Waals surface area (Å²) in [6.07, 6.45) is 3.93. The standard InChI is InChI=1S/C11H10BrNO/c1-14-11-7-9(8-13)4-5-10(11)3-2-6-12/h2-5,7H,6H2,1H3. The Labute approximate surface area is 91.9 Å². The number of rotatable bonds is 3. The molecule has 1 rings (SSSR count). The zero-order valence-electron chi connectivity index (χ0n) is 7.83. The fourth-order valence-electron chi connectivity index (χ4n) is 1.09. The molecule has 0 fully saturated rings. The lowest BCUT2D eigenvalue weighted by molar-refractivity contribution is 0.413. The minimum Gasteiger partial charge on any atom is -0.496 e. The maximum Gasteiger partial charge on any atom is 0.127 e. The summed E-state index contributed by atoms with van der Waals surface area (Å²) >= 11 is 3.30. The van der Waals surface area contributed by atoms with Crippen LogP contribution in [0.1, 0.15) is 11.1 Å². The van der Waals surface area contributed by atoms with Crippen LogP contribution in [0, 0.1) is 11.3 Å². The second kappa shape index (κ2) is 5.46. The van der Waals surface area contributed by atoms with Crippen molar-refractivity contribution in [1.29, 1.82) is 5.26 Å². The molecule has 0 saturated carbocycles. The van der Waals surface area contributed by atoms with Gasteiger partial charge < -0.3 is 4.74 Å². The van der Waals surface area contributed by atoms with Crippen molar-refractivity contribution in [3.63, 3.8) is 0 Å². The average molecular weight is 252 g/mol. The summed E-state index contributed by atoms with van der Waals surface area (Å²) < 4.78 is 5.17. The quantitative estimate of drug-likeness (QED) is 0.775. The van der Waals surface area contributed by atoms with Crippen molar-refractivity contribution >= 4 is 22.0 Å². The molecule has 1 aromatic rings. The van der Waals surface area contributed by atoms with E-state index in [1.807, 2.05) is 18.2 Å². The summed E-state index contributed by atoms with van der Waals surface area (Å²) in [6, 6.07) is 7.45. The molecule has 1 aromatic carbocycles. The Hall–Kier alpha value is -1.27. The number of alkyl halides is 1. The maximum absolute atomic E-state index is 8.69. The van der Waals surface area contributed by atoms with Crippen molar-refractivity contribution in [3.8, 4) is 11.8 Å². The van der Waals surface area contributed by atoms with Gasteiger partial charge in [0.15, 0.2) is 0 Å². The molecule has 0 N–H and O–H groups in total. The Morgan fingerprint density at radius 3 is 2.93 bits per heavy atom. The molecular formula is C11H10BrNO.